The zero-order valence-electron chi connectivity index (χ0n) is 8.54. The standard InChI is InChI=1S/C11H12BrFN2O/c1-2-3-9(14)11(16)15-10-5-4-7(12)6-8(10)13/h2,4-6,9H,1,3,14H2,(H,15,16). The quantitative estimate of drug-likeness (QED) is 0.836. The number of rotatable bonds is 4. The van der Waals surface area contributed by atoms with Crippen LogP contribution in [0.15, 0.2) is 35.3 Å². The Morgan fingerprint density at radius 1 is 1.69 bits per heavy atom. The van der Waals surface area contributed by atoms with Crippen molar-refractivity contribution in [3.63, 3.8) is 0 Å². The number of hydrogen-bond donors (Lipinski definition) is 2. The van der Waals surface area contributed by atoms with Crippen LogP contribution in [0.3, 0.4) is 0 Å². The van der Waals surface area contributed by atoms with E-state index in [1.807, 2.05) is 0 Å². The largest absolute Gasteiger partial charge is 0.322 e. The highest BCUT2D eigenvalue weighted by atomic mass is 79.9. The average molecular weight is 287 g/mol. The molecule has 5 heteroatoms. The van der Waals surface area contributed by atoms with E-state index >= 15 is 0 Å². The maximum atomic E-state index is 13.4. The van der Waals surface area contributed by atoms with Gasteiger partial charge >= 0.3 is 0 Å². The van der Waals surface area contributed by atoms with Crippen LogP contribution in [0.4, 0.5) is 10.1 Å². The molecule has 1 aromatic carbocycles. The third-order valence-electron chi connectivity index (χ3n) is 1.95. The highest BCUT2D eigenvalue weighted by Crippen LogP contribution is 2.19. The van der Waals surface area contributed by atoms with Crippen molar-refractivity contribution >= 4 is 27.5 Å². The summed E-state index contributed by atoms with van der Waals surface area (Å²) in [5, 5.41) is 2.41. The van der Waals surface area contributed by atoms with Crippen molar-refractivity contribution < 1.29 is 9.18 Å². The summed E-state index contributed by atoms with van der Waals surface area (Å²) in [4.78, 5) is 11.5. The first-order valence-electron chi connectivity index (χ1n) is 4.67. The Morgan fingerprint density at radius 3 is 2.94 bits per heavy atom. The lowest BCUT2D eigenvalue weighted by molar-refractivity contribution is -0.117. The van der Waals surface area contributed by atoms with Gasteiger partial charge in [0, 0.05) is 4.47 Å². The molecule has 1 aromatic rings. The highest BCUT2D eigenvalue weighted by Gasteiger charge is 2.13. The van der Waals surface area contributed by atoms with Crippen LogP contribution in [0.25, 0.3) is 0 Å². The Balaban J connectivity index is 2.73. The number of anilines is 1. The number of halogens is 2. The number of nitrogens with one attached hydrogen (secondary N) is 1. The van der Waals surface area contributed by atoms with Crippen molar-refractivity contribution in [2.45, 2.75) is 12.5 Å². The summed E-state index contributed by atoms with van der Waals surface area (Å²) in [7, 11) is 0. The van der Waals surface area contributed by atoms with Gasteiger partial charge in [0.1, 0.15) is 5.82 Å². The molecule has 86 valence electrons. The van der Waals surface area contributed by atoms with Crippen molar-refractivity contribution in [1.29, 1.82) is 0 Å². The van der Waals surface area contributed by atoms with Crippen LogP contribution in [0, 0.1) is 5.82 Å². The molecule has 1 rings (SSSR count). The third-order valence-corrected chi connectivity index (χ3v) is 2.44. The van der Waals surface area contributed by atoms with Gasteiger partial charge in [0.25, 0.3) is 0 Å². The van der Waals surface area contributed by atoms with Crippen LogP contribution >= 0.6 is 15.9 Å². The molecule has 16 heavy (non-hydrogen) atoms. The SMILES string of the molecule is C=CCC(N)C(=O)Nc1ccc(Br)cc1F. The van der Waals surface area contributed by atoms with Gasteiger partial charge in [-0.25, -0.2) is 4.39 Å². The zero-order chi connectivity index (χ0) is 12.1. The van der Waals surface area contributed by atoms with Gasteiger partial charge in [-0.3, -0.25) is 4.79 Å². The van der Waals surface area contributed by atoms with E-state index in [0.717, 1.165) is 0 Å². The topological polar surface area (TPSA) is 55.1 Å². The molecule has 0 saturated heterocycles. The Hall–Kier alpha value is -1.20. The van der Waals surface area contributed by atoms with Gasteiger partial charge in [0.15, 0.2) is 0 Å². The minimum Gasteiger partial charge on any atom is -0.322 e. The van der Waals surface area contributed by atoms with Gasteiger partial charge in [-0.1, -0.05) is 22.0 Å². The average Bonchev–Trinajstić information content (AvgIpc) is 2.22. The van der Waals surface area contributed by atoms with E-state index in [9.17, 15) is 9.18 Å². The molecule has 0 saturated carbocycles. The smallest absolute Gasteiger partial charge is 0.241 e. The second-order valence-corrected chi connectivity index (χ2v) is 4.16. The van der Waals surface area contributed by atoms with Gasteiger partial charge in [0.05, 0.1) is 11.7 Å². The first-order valence-corrected chi connectivity index (χ1v) is 5.46. The Bertz CT molecular complexity index is 409. The van der Waals surface area contributed by atoms with Crippen LogP contribution in [0.5, 0.6) is 0 Å². The molecule has 0 heterocycles. The summed E-state index contributed by atoms with van der Waals surface area (Å²) in [6.07, 6.45) is 1.90. The van der Waals surface area contributed by atoms with Gasteiger partial charge < -0.3 is 11.1 Å². The van der Waals surface area contributed by atoms with Crippen molar-refractivity contribution in [1.82, 2.24) is 0 Å². The maximum Gasteiger partial charge on any atom is 0.241 e. The second-order valence-electron chi connectivity index (χ2n) is 3.24. The number of benzene rings is 1. The summed E-state index contributed by atoms with van der Waals surface area (Å²) >= 11 is 3.13. The number of carbonyl (C=O) groups is 1. The van der Waals surface area contributed by atoms with Crippen molar-refractivity contribution in [2.24, 2.45) is 5.73 Å². The lowest BCUT2D eigenvalue weighted by Crippen LogP contribution is -2.35. The monoisotopic (exact) mass is 286 g/mol. The Labute approximate surface area is 102 Å². The van der Waals surface area contributed by atoms with Gasteiger partial charge in [-0.2, -0.15) is 0 Å². The predicted molar refractivity (Wildman–Crippen MR) is 65.5 cm³/mol. The lowest BCUT2D eigenvalue weighted by atomic mass is 10.2. The minimum atomic E-state index is -0.708. The fourth-order valence-corrected chi connectivity index (χ4v) is 1.44. The van der Waals surface area contributed by atoms with E-state index < -0.39 is 17.8 Å². The summed E-state index contributed by atoms with van der Waals surface area (Å²) in [6, 6.07) is 3.67. The van der Waals surface area contributed by atoms with Crippen LogP contribution in [-0.4, -0.2) is 11.9 Å². The fraction of sp³-hybridized carbons (Fsp3) is 0.182. The molecule has 0 aromatic heterocycles. The Morgan fingerprint density at radius 2 is 2.38 bits per heavy atom. The van der Waals surface area contributed by atoms with Crippen molar-refractivity contribution in [2.75, 3.05) is 5.32 Å². The van der Waals surface area contributed by atoms with E-state index in [1.54, 1.807) is 12.1 Å². The van der Waals surface area contributed by atoms with E-state index in [-0.39, 0.29) is 5.69 Å². The van der Waals surface area contributed by atoms with Gasteiger partial charge in [-0.05, 0) is 24.6 Å². The first-order chi connectivity index (χ1) is 7.54. The summed E-state index contributed by atoms with van der Waals surface area (Å²) in [5.74, 6) is -0.936. The van der Waals surface area contributed by atoms with Crippen LogP contribution in [0.1, 0.15) is 6.42 Å². The van der Waals surface area contributed by atoms with Crippen LogP contribution in [0.2, 0.25) is 0 Å². The van der Waals surface area contributed by atoms with E-state index in [0.29, 0.717) is 10.9 Å². The van der Waals surface area contributed by atoms with Crippen molar-refractivity contribution in [3.05, 3.63) is 41.1 Å². The molecule has 1 unspecified atom stereocenters. The summed E-state index contributed by atoms with van der Waals surface area (Å²) < 4.78 is 14.0. The van der Waals surface area contributed by atoms with E-state index in [2.05, 4.69) is 27.8 Å². The van der Waals surface area contributed by atoms with Gasteiger partial charge in [-0.15, -0.1) is 6.58 Å². The molecule has 3 N–H and O–H groups in total. The first kappa shape index (κ1) is 12.9. The van der Waals surface area contributed by atoms with E-state index in [4.69, 9.17) is 5.73 Å². The number of hydrogen-bond acceptors (Lipinski definition) is 2. The minimum absolute atomic E-state index is 0.118. The molecule has 1 amide bonds. The molecule has 0 bridgehead atoms. The van der Waals surface area contributed by atoms with Crippen LogP contribution < -0.4 is 11.1 Å². The highest BCUT2D eigenvalue weighted by molar-refractivity contribution is 9.10. The Kier molecular flexibility index (Phi) is 4.64. The predicted octanol–water partition coefficient (Wildman–Crippen LogP) is 2.43. The molecule has 0 aliphatic carbocycles. The summed E-state index contributed by atoms with van der Waals surface area (Å²) in [6.45, 7) is 3.48. The number of carbonyl (C=O) groups excluding carboxylic acids is 1. The number of amides is 1. The number of nitrogens with two attached hydrogens (primary N) is 1. The molecule has 0 radical (unpaired) electrons. The molecule has 0 fully saturated rings. The van der Waals surface area contributed by atoms with Crippen molar-refractivity contribution in [3.8, 4) is 0 Å². The molecule has 0 aliphatic rings. The maximum absolute atomic E-state index is 13.4. The van der Waals surface area contributed by atoms with Crippen LogP contribution in [-0.2, 0) is 4.79 Å². The third kappa shape index (κ3) is 3.43. The van der Waals surface area contributed by atoms with E-state index in [1.165, 1.54) is 12.1 Å². The molecular weight excluding hydrogens is 275 g/mol. The fourth-order valence-electron chi connectivity index (χ4n) is 1.10. The normalized spacial score (nSPS) is 11.9. The lowest BCUT2D eigenvalue weighted by Gasteiger charge is -2.10. The molecule has 1 atom stereocenters. The summed E-state index contributed by atoms with van der Waals surface area (Å²) in [5.41, 5.74) is 5.66. The molecule has 3 nitrogen and oxygen atoms in total. The molecular formula is C11H12BrFN2O. The molecule has 0 spiro atoms. The zero-order valence-corrected chi connectivity index (χ0v) is 10.1. The molecule has 0 aliphatic heterocycles. The van der Waals surface area contributed by atoms with Gasteiger partial charge in [0.2, 0.25) is 5.91 Å². The second kappa shape index (κ2) is 5.77.